The standard InChI is InChI=1S/C17H16FN3/c1-11-6-7-12(18)10-15(11)17(21-19)14-8-9-20-16-5-3-2-4-13(14)16/h2-10,17,21H,19H2,1H3. The average molecular weight is 281 g/mol. The molecule has 1 unspecified atom stereocenters. The van der Waals surface area contributed by atoms with Crippen LogP contribution in [0.5, 0.6) is 0 Å². The average Bonchev–Trinajstić information content (AvgIpc) is 2.51. The van der Waals surface area contributed by atoms with Crippen LogP contribution in [0.1, 0.15) is 22.7 Å². The predicted molar refractivity (Wildman–Crippen MR) is 82.0 cm³/mol. The molecule has 0 saturated carbocycles. The van der Waals surface area contributed by atoms with E-state index >= 15 is 0 Å². The number of aryl methyl sites for hydroxylation is 1. The maximum Gasteiger partial charge on any atom is 0.123 e. The second kappa shape index (κ2) is 5.60. The Hall–Kier alpha value is -2.30. The van der Waals surface area contributed by atoms with Crippen LogP contribution < -0.4 is 11.3 Å². The summed E-state index contributed by atoms with van der Waals surface area (Å²) in [4.78, 5) is 4.35. The van der Waals surface area contributed by atoms with Crippen LogP contribution in [-0.2, 0) is 0 Å². The van der Waals surface area contributed by atoms with Crippen molar-refractivity contribution >= 4 is 10.9 Å². The number of nitrogens with zero attached hydrogens (tertiary/aromatic N) is 1. The first kappa shape index (κ1) is 13.7. The second-order valence-electron chi connectivity index (χ2n) is 5.02. The zero-order chi connectivity index (χ0) is 14.8. The highest BCUT2D eigenvalue weighted by atomic mass is 19.1. The van der Waals surface area contributed by atoms with Crippen molar-refractivity contribution in [2.24, 2.45) is 5.84 Å². The molecular weight excluding hydrogens is 265 g/mol. The molecule has 3 N–H and O–H groups in total. The van der Waals surface area contributed by atoms with Crippen molar-refractivity contribution in [3.8, 4) is 0 Å². The number of hydrogen-bond donors (Lipinski definition) is 2. The van der Waals surface area contributed by atoms with Crippen molar-refractivity contribution < 1.29 is 4.39 Å². The highest BCUT2D eigenvalue weighted by Crippen LogP contribution is 2.29. The van der Waals surface area contributed by atoms with Gasteiger partial charge in [0.2, 0.25) is 0 Å². The molecule has 0 spiro atoms. The molecule has 3 nitrogen and oxygen atoms in total. The van der Waals surface area contributed by atoms with Crippen LogP contribution in [-0.4, -0.2) is 4.98 Å². The lowest BCUT2D eigenvalue weighted by Crippen LogP contribution is -2.29. The molecule has 4 heteroatoms. The van der Waals surface area contributed by atoms with Gasteiger partial charge in [-0.25, -0.2) is 9.82 Å². The molecular formula is C17H16FN3. The van der Waals surface area contributed by atoms with Crippen molar-refractivity contribution in [3.05, 3.63) is 77.2 Å². The molecule has 21 heavy (non-hydrogen) atoms. The fraction of sp³-hybridized carbons (Fsp3) is 0.118. The summed E-state index contributed by atoms with van der Waals surface area (Å²) in [6, 6.07) is 14.2. The largest absolute Gasteiger partial charge is 0.271 e. The van der Waals surface area contributed by atoms with Gasteiger partial charge in [-0.3, -0.25) is 10.8 Å². The van der Waals surface area contributed by atoms with Crippen LogP contribution in [0.15, 0.2) is 54.7 Å². The van der Waals surface area contributed by atoms with Crippen molar-refractivity contribution in [1.29, 1.82) is 0 Å². The number of fused-ring (bicyclic) bond motifs is 1. The maximum atomic E-state index is 13.6. The van der Waals surface area contributed by atoms with Gasteiger partial charge < -0.3 is 0 Å². The van der Waals surface area contributed by atoms with Gasteiger partial charge in [-0.1, -0.05) is 24.3 Å². The predicted octanol–water partition coefficient (Wildman–Crippen LogP) is 3.24. The van der Waals surface area contributed by atoms with E-state index in [-0.39, 0.29) is 11.9 Å². The lowest BCUT2D eigenvalue weighted by atomic mass is 9.93. The summed E-state index contributed by atoms with van der Waals surface area (Å²) in [5.74, 6) is 5.48. The van der Waals surface area contributed by atoms with E-state index in [2.05, 4.69) is 10.4 Å². The molecule has 2 aromatic carbocycles. The van der Waals surface area contributed by atoms with Gasteiger partial charge in [0, 0.05) is 11.6 Å². The van der Waals surface area contributed by atoms with Crippen LogP contribution in [0.25, 0.3) is 10.9 Å². The summed E-state index contributed by atoms with van der Waals surface area (Å²) in [5, 5.41) is 1.01. The Morgan fingerprint density at radius 3 is 2.71 bits per heavy atom. The molecule has 0 bridgehead atoms. The van der Waals surface area contributed by atoms with Gasteiger partial charge >= 0.3 is 0 Å². The van der Waals surface area contributed by atoms with Crippen molar-refractivity contribution in [1.82, 2.24) is 10.4 Å². The number of rotatable bonds is 3. The summed E-state index contributed by atoms with van der Waals surface area (Å²) in [5.41, 5.74) is 6.49. The third kappa shape index (κ3) is 2.51. The fourth-order valence-electron chi connectivity index (χ4n) is 2.64. The van der Waals surface area contributed by atoms with Crippen molar-refractivity contribution in [2.75, 3.05) is 0 Å². The minimum Gasteiger partial charge on any atom is -0.271 e. The van der Waals surface area contributed by atoms with Crippen molar-refractivity contribution in [3.63, 3.8) is 0 Å². The highest BCUT2D eigenvalue weighted by molar-refractivity contribution is 5.82. The van der Waals surface area contributed by atoms with Gasteiger partial charge in [0.05, 0.1) is 11.6 Å². The molecule has 0 aliphatic heterocycles. The molecule has 1 aromatic heterocycles. The summed E-state index contributed by atoms with van der Waals surface area (Å²) in [7, 11) is 0. The highest BCUT2D eigenvalue weighted by Gasteiger charge is 2.18. The normalized spacial score (nSPS) is 12.5. The number of pyridine rings is 1. The maximum absolute atomic E-state index is 13.6. The topological polar surface area (TPSA) is 50.9 Å². The smallest absolute Gasteiger partial charge is 0.123 e. The van der Waals surface area contributed by atoms with E-state index in [4.69, 9.17) is 5.84 Å². The molecule has 0 fully saturated rings. The van der Waals surface area contributed by atoms with E-state index in [1.165, 1.54) is 12.1 Å². The Morgan fingerprint density at radius 1 is 1.10 bits per heavy atom. The van der Waals surface area contributed by atoms with Crippen molar-refractivity contribution in [2.45, 2.75) is 13.0 Å². The van der Waals surface area contributed by atoms with Gasteiger partial charge in [0.25, 0.3) is 0 Å². The number of benzene rings is 2. The molecule has 0 aliphatic rings. The minimum atomic E-state index is -0.284. The first-order valence-corrected chi connectivity index (χ1v) is 6.76. The molecule has 0 radical (unpaired) electrons. The quantitative estimate of drug-likeness (QED) is 0.572. The third-order valence-electron chi connectivity index (χ3n) is 3.71. The Balaban J connectivity index is 2.21. The zero-order valence-corrected chi connectivity index (χ0v) is 11.7. The van der Waals surface area contributed by atoms with Gasteiger partial charge in [0.1, 0.15) is 5.82 Å². The summed E-state index contributed by atoms with van der Waals surface area (Å²) >= 11 is 0. The summed E-state index contributed by atoms with van der Waals surface area (Å²) in [6.45, 7) is 1.95. The number of hydrazine groups is 1. The zero-order valence-electron chi connectivity index (χ0n) is 11.7. The Bertz CT molecular complexity index is 781. The van der Waals surface area contributed by atoms with Crippen LogP contribution >= 0.6 is 0 Å². The lowest BCUT2D eigenvalue weighted by molar-refractivity contribution is 0.604. The second-order valence-corrected chi connectivity index (χ2v) is 5.02. The number of nitrogens with two attached hydrogens (primary N) is 1. The van der Waals surface area contributed by atoms with E-state index in [0.29, 0.717) is 0 Å². The number of nitrogens with one attached hydrogen (secondary N) is 1. The molecule has 0 amide bonds. The van der Waals surface area contributed by atoms with Crippen LogP contribution in [0.4, 0.5) is 4.39 Å². The minimum absolute atomic E-state index is 0.269. The molecule has 1 atom stereocenters. The monoisotopic (exact) mass is 281 g/mol. The number of hydrogen-bond acceptors (Lipinski definition) is 3. The van der Waals surface area contributed by atoms with E-state index in [1.807, 2.05) is 37.3 Å². The third-order valence-corrected chi connectivity index (χ3v) is 3.71. The molecule has 106 valence electrons. The number of halogens is 1. The molecule has 3 rings (SSSR count). The molecule has 1 heterocycles. The molecule has 3 aromatic rings. The van der Waals surface area contributed by atoms with Crippen LogP contribution in [0, 0.1) is 12.7 Å². The number of aromatic nitrogens is 1. The van der Waals surface area contributed by atoms with E-state index in [9.17, 15) is 4.39 Å². The lowest BCUT2D eigenvalue weighted by Gasteiger charge is -2.20. The van der Waals surface area contributed by atoms with E-state index in [1.54, 1.807) is 12.3 Å². The van der Waals surface area contributed by atoms with Crippen LogP contribution in [0.3, 0.4) is 0 Å². The molecule has 0 aliphatic carbocycles. The van der Waals surface area contributed by atoms with Gasteiger partial charge in [-0.2, -0.15) is 0 Å². The van der Waals surface area contributed by atoms with Gasteiger partial charge in [-0.15, -0.1) is 0 Å². The Labute approximate surface area is 122 Å². The fourth-order valence-corrected chi connectivity index (χ4v) is 2.64. The Kier molecular flexibility index (Phi) is 3.64. The first-order valence-electron chi connectivity index (χ1n) is 6.76. The summed E-state index contributed by atoms with van der Waals surface area (Å²) < 4.78 is 13.6. The number of para-hydroxylation sites is 1. The van der Waals surface area contributed by atoms with E-state index in [0.717, 1.165) is 27.6 Å². The van der Waals surface area contributed by atoms with Crippen LogP contribution in [0.2, 0.25) is 0 Å². The SMILES string of the molecule is Cc1ccc(F)cc1C(NN)c1ccnc2ccccc12. The molecule has 0 saturated heterocycles. The van der Waals surface area contributed by atoms with Gasteiger partial charge in [-0.05, 0) is 47.9 Å². The van der Waals surface area contributed by atoms with E-state index < -0.39 is 0 Å². The van der Waals surface area contributed by atoms with Gasteiger partial charge in [0.15, 0.2) is 0 Å². The Morgan fingerprint density at radius 2 is 1.90 bits per heavy atom. The first-order chi connectivity index (χ1) is 10.2. The summed E-state index contributed by atoms with van der Waals surface area (Å²) in [6.07, 6.45) is 1.75.